The second kappa shape index (κ2) is 6.53. The van der Waals surface area contributed by atoms with Crippen LogP contribution in [0.1, 0.15) is 26.7 Å². The van der Waals surface area contributed by atoms with Gasteiger partial charge in [-0.25, -0.2) is 4.79 Å². The number of hydrogen-bond donors (Lipinski definition) is 1. The lowest BCUT2D eigenvalue weighted by atomic mass is 9.91. The maximum absolute atomic E-state index is 11.8. The fraction of sp³-hybridized carbons (Fsp3) is 0.500. The molecule has 16 heavy (non-hydrogen) atoms. The van der Waals surface area contributed by atoms with Crippen molar-refractivity contribution in [2.45, 2.75) is 32.2 Å². The topological polar surface area (TPSA) is 55.4 Å². The van der Waals surface area contributed by atoms with E-state index in [4.69, 9.17) is 17.6 Å². The molecule has 0 bridgehead atoms. The van der Waals surface area contributed by atoms with Crippen LogP contribution < -0.4 is 5.32 Å². The molecule has 0 atom stereocenters. The summed E-state index contributed by atoms with van der Waals surface area (Å²) in [5.74, 6) is 3.68. The minimum absolute atomic E-state index is 0.00954. The predicted molar refractivity (Wildman–Crippen MR) is 60.1 cm³/mol. The molecule has 0 aromatic carbocycles. The molecule has 0 aliphatic carbocycles. The number of carbonyl (C=O) groups excluding carboxylic acids is 2. The second-order valence-electron chi connectivity index (χ2n) is 3.25. The molecule has 0 aliphatic rings. The van der Waals surface area contributed by atoms with E-state index in [1.54, 1.807) is 6.92 Å². The number of terminal acetylenes is 2. The molecule has 4 heteroatoms. The summed E-state index contributed by atoms with van der Waals surface area (Å²) in [5, 5.41) is 2.48. The molecule has 0 heterocycles. The van der Waals surface area contributed by atoms with Gasteiger partial charge in [-0.3, -0.25) is 4.79 Å². The van der Waals surface area contributed by atoms with Crippen LogP contribution in [0.5, 0.6) is 0 Å². The molecule has 0 aromatic heterocycles. The molecule has 0 rings (SSSR count). The van der Waals surface area contributed by atoms with Crippen molar-refractivity contribution < 1.29 is 14.3 Å². The summed E-state index contributed by atoms with van der Waals surface area (Å²) < 4.78 is 4.87. The van der Waals surface area contributed by atoms with Gasteiger partial charge in [-0.05, 0) is 6.92 Å². The van der Waals surface area contributed by atoms with E-state index in [2.05, 4.69) is 17.2 Å². The molecule has 0 unspecified atom stereocenters. The smallest absolute Gasteiger partial charge is 0.333 e. The molecule has 0 saturated carbocycles. The Bertz CT molecular complexity index is 330. The minimum Gasteiger partial charge on any atom is -0.464 e. The van der Waals surface area contributed by atoms with Crippen LogP contribution in [-0.4, -0.2) is 24.0 Å². The Balaban J connectivity index is 5.09. The van der Waals surface area contributed by atoms with Crippen molar-refractivity contribution in [3.05, 3.63) is 0 Å². The molecular weight excluding hydrogens is 206 g/mol. The first kappa shape index (κ1) is 14.1. The summed E-state index contributed by atoms with van der Waals surface area (Å²) >= 11 is 0. The fourth-order valence-electron chi connectivity index (χ4n) is 1.30. The maximum Gasteiger partial charge on any atom is 0.333 e. The third-order valence-corrected chi connectivity index (χ3v) is 1.89. The van der Waals surface area contributed by atoms with Crippen LogP contribution in [0.15, 0.2) is 0 Å². The van der Waals surface area contributed by atoms with Crippen molar-refractivity contribution in [3.63, 3.8) is 0 Å². The van der Waals surface area contributed by atoms with Crippen LogP contribution in [0.4, 0.5) is 0 Å². The maximum atomic E-state index is 11.8. The Morgan fingerprint density at radius 3 is 2.12 bits per heavy atom. The molecule has 0 spiro atoms. The van der Waals surface area contributed by atoms with Crippen LogP contribution in [-0.2, 0) is 14.3 Å². The summed E-state index contributed by atoms with van der Waals surface area (Å²) in [6.45, 7) is 3.17. The first-order chi connectivity index (χ1) is 7.52. The van der Waals surface area contributed by atoms with E-state index in [0.29, 0.717) is 0 Å². The van der Waals surface area contributed by atoms with Crippen molar-refractivity contribution in [1.82, 2.24) is 5.32 Å². The third-order valence-electron chi connectivity index (χ3n) is 1.89. The zero-order chi connectivity index (χ0) is 12.6. The van der Waals surface area contributed by atoms with Crippen LogP contribution in [0.3, 0.4) is 0 Å². The van der Waals surface area contributed by atoms with Crippen LogP contribution in [0.25, 0.3) is 0 Å². The number of esters is 1. The van der Waals surface area contributed by atoms with Gasteiger partial charge in [0.1, 0.15) is 0 Å². The average Bonchev–Trinajstić information content (AvgIpc) is 2.17. The Labute approximate surface area is 95.7 Å². The van der Waals surface area contributed by atoms with Gasteiger partial charge >= 0.3 is 5.97 Å². The van der Waals surface area contributed by atoms with E-state index >= 15 is 0 Å². The molecular formula is C12H15NO3. The fourth-order valence-corrected chi connectivity index (χ4v) is 1.30. The summed E-state index contributed by atoms with van der Waals surface area (Å²) in [4.78, 5) is 22.8. The standard InChI is InChI=1S/C12H15NO3/c1-5-8-12(9-6-2,13-10(4)14)11(15)16-7-3/h1-2H,7-9H2,3-4H3,(H,13,14). The van der Waals surface area contributed by atoms with Gasteiger partial charge in [0.05, 0.1) is 6.61 Å². The summed E-state index contributed by atoms with van der Waals surface area (Å²) in [5.41, 5.74) is -1.30. The zero-order valence-corrected chi connectivity index (χ0v) is 9.50. The third kappa shape index (κ3) is 3.67. The van der Waals surface area contributed by atoms with Gasteiger partial charge in [0.2, 0.25) is 5.91 Å². The summed E-state index contributed by atoms with van der Waals surface area (Å²) in [7, 11) is 0. The lowest BCUT2D eigenvalue weighted by molar-refractivity contribution is -0.152. The highest BCUT2D eigenvalue weighted by molar-refractivity contribution is 5.87. The Morgan fingerprint density at radius 1 is 1.31 bits per heavy atom. The number of carbonyl (C=O) groups is 2. The van der Waals surface area contributed by atoms with Gasteiger partial charge in [-0.2, -0.15) is 0 Å². The zero-order valence-electron chi connectivity index (χ0n) is 9.50. The van der Waals surface area contributed by atoms with E-state index in [0.717, 1.165) is 0 Å². The van der Waals surface area contributed by atoms with E-state index in [-0.39, 0.29) is 25.4 Å². The first-order valence-corrected chi connectivity index (χ1v) is 4.85. The van der Waals surface area contributed by atoms with E-state index in [1.165, 1.54) is 6.92 Å². The molecule has 86 valence electrons. The van der Waals surface area contributed by atoms with Crippen molar-refractivity contribution >= 4 is 11.9 Å². The summed E-state index contributed by atoms with van der Waals surface area (Å²) in [6, 6.07) is 0. The number of hydrogen-bond acceptors (Lipinski definition) is 3. The highest BCUT2D eigenvalue weighted by atomic mass is 16.5. The molecule has 0 aromatic rings. The highest BCUT2D eigenvalue weighted by Crippen LogP contribution is 2.17. The normalized spacial score (nSPS) is 9.75. The molecule has 4 nitrogen and oxygen atoms in total. The van der Waals surface area contributed by atoms with Gasteiger partial charge in [-0.15, -0.1) is 24.7 Å². The second-order valence-corrected chi connectivity index (χ2v) is 3.25. The van der Waals surface area contributed by atoms with Crippen molar-refractivity contribution in [2.75, 3.05) is 6.61 Å². The minimum atomic E-state index is -1.30. The molecule has 0 saturated heterocycles. The van der Waals surface area contributed by atoms with Gasteiger partial charge in [0.25, 0.3) is 0 Å². The molecule has 0 fully saturated rings. The lowest BCUT2D eigenvalue weighted by Gasteiger charge is -2.28. The van der Waals surface area contributed by atoms with Crippen molar-refractivity contribution in [1.29, 1.82) is 0 Å². The van der Waals surface area contributed by atoms with Crippen molar-refractivity contribution in [2.24, 2.45) is 0 Å². The van der Waals surface area contributed by atoms with Gasteiger partial charge < -0.3 is 10.1 Å². The van der Waals surface area contributed by atoms with Gasteiger partial charge in [0.15, 0.2) is 5.54 Å². The molecule has 0 aliphatic heterocycles. The van der Waals surface area contributed by atoms with E-state index < -0.39 is 11.5 Å². The highest BCUT2D eigenvalue weighted by Gasteiger charge is 2.39. The van der Waals surface area contributed by atoms with Gasteiger partial charge in [0, 0.05) is 19.8 Å². The Kier molecular flexibility index (Phi) is 5.74. The average molecular weight is 221 g/mol. The van der Waals surface area contributed by atoms with E-state index in [9.17, 15) is 9.59 Å². The Hall–Kier alpha value is -1.94. The number of nitrogens with one attached hydrogen (secondary N) is 1. The molecule has 0 radical (unpaired) electrons. The molecule has 1 amide bonds. The number of ether oxygens (including phenoxy) is 1. The number of amides is 1. The Morgan fingerprint density at radius 2 is 1.81 bits per heavy atom. The summed E-state index contributed by atoms with van der Waals surface area (Å²) in [6.07, 6.45) is 10.4. The lowest BCUT2D eigenvalue weighted by Crippen LogP contribution is -2.54. The monoisotopic (exact) mass is 221 g/mol. The van der Waals surface area contributed by atoms with Crippen LogP contribution >= 0.6 is 0 Å². The largest absolute Gasteiger partial charge is 0.464 e. The van der Waals surface area contributed by atoms with Crippen LogP contribution in [0.2, 0.25) is 0 Å². The quantitative estimate of drug-likeness (QED) is 0.542. The molecule has 1 N–H and O–H groups in total. The van der Waals surface area contributed by atoms with Crippen molar-refractivity contribution in [3.8, 4) is 24.7 Å². The number of rotatable bonds is 5. The predicted octanol–water partition coefficient (Wildman–Crippen LogP) is 0.471. The van der Waals surface area contributed by atoms with E-state index in [1.807, 2.05) is 0 Å². The van der Waals surface area contributed by atoms with Crippen LogP contribution in [0, 0.1) is 24.7 Å². The first-order valence-electron chi connectivity index (χ1n) is 4.85. The van der Waals surface area contributed by atoms with Gasteiger partial charge in [-0.1, -0.05) is 0 Å². The SMILES string of the molecule is C#CCC(CC#C)(NC(C)=O)C(=O)OCC.